The molecule has 1 atom stereocenters. The zero-order valence-electron chi connectivity index (χ0n) is 8.01. The number of allylic oxidation sites excluding steroid dienone is 4. The van der Waals surface area contributed by atoms with Crippen molar-refractivity contribution in [3.05, 3.63) is 24.3 Å². The smallest absolute Gasteiger partial charge is 0.0227 e. The molecule has 0 aliphatic rings. The lowest BCUT2D eigenvalue weighted by Gasteiger charge is -1.99. The molecule has 0 heterocycles. The lowest BCUT2D eigenvalue weighted by atomic mass is 10.1. The Morgan fingerprint density at radius 2 is 1.64 bits per heavy atom. The van der Waals surface area contributed by atoms with E-state index in [0.717, 1.165) is 12.8 Å². The molecule has 0 nitrogen and oxygen atoms in total. The third-order valence-corrected chi connectivity index (χ3v) is 1.61. The zero-order chi connectivity index (χ0) is 8.53. The quantitative estimate of drug-likeness (QED) is 0.523. The predicted molar refractivity (Wildman–Crippen MR) is 52.6 cm³/mol. The molecular weight excluding hydrogens is 132 g/mol. The minimum Gasteiger partial charge on any atom is -0.0888 e. The number of hydrogen-bond donors (Lipinski definition) is 0. The van der Waals surface area contributed by atoms with Crippen LogP contribution in [0.3, 0.4) is 0 Å². The number of hydrogen-bond acceptors (Lipinski definition) is 0. The molecule has 0 spiro atoms. The largest absolute Gasteiger partial charge is 0.0888 e. The Labute approximate surface area is 71.0 Å². The first kappa shape index (κ1) is 10.5. The van der Waals surface area contributed by atoms with E-state index in [0.29, 0.717) is 5.92 Å². The van der Waals surface area contributed by atoms with Gasteiger partial charge in [0.05, 0.1) is 0 Å². The van der Waals surface area contributed by atoms with Crippen LogP contribution in [0.25, 0.3) is 0 Å². The molecule has 0 bridgehead atoms. The highest BCUT2D eigenvalue weighted by atomic mass is 14.0. The van der Waals surface area contributed by atoms with E-state index in [1.54, 1.807) is 0 Å². The number of rotatable bonds is 5. The summed E-state index contributed by atoms with van der Waals surface area (Å²) >= 11 is 0. The van der Waals surface area contributed by atoms with Gasteiger partial charge in [0.2, 0.25) is 0 Å². The highest BCUT2D eigenvalue weighted by Gasteiger charge is 1.90. The van der Waals surface area contributed by atoms with Gasteiger partial charge in [0.25, 0.3) is 0 Å². The maximum Gasteiger partial charge on any atom is -0.0227 e. The van der Waals surface area contributed by atoms with Gasteiger partial charge in [0.1, 0.15) is 0 Å². The van der Waals surface area contributed by atoms with Crippen LogP contribution >= 0.6 is 0 Å². The minimum atomic E-state index is 0.706. The van der Waals surface area contributed by atoms with Crippen LogP contribution in [-0.2, 0) is 0 Å². The predicted octanol–water partition coefficient (Wildman–Crippen LogP) is 3.95. The van der Waals surface area contributed by atoms with Crippen molar-refractivity contribution in [1.29, 1.82) is 0 Å². The Kier molecular flexibility index (Phi) is 7.23. The van der Waals surface area contributed by atoms with Crippen molar-refractivity contribution < 1.29 is 0 Å². The summed E-state index contributed by atoms with van der Waals surface area (Å²) in [5, 5.41) is 0. The Hall–Kier alpha value is -0.520. The Morgan fingerprint density at radius 3 is 2.18 bits per heavy atom. The molecule has 0 amide bonds. The maximum atomic E-state index is 2.29. The van der Waals surface area contributed by atoms with Crippen LogP contribution < -0.4 is 0 Å². The summed E-state index contributed by atoms with van der Waals surface area (Å²) in [5.41, 5.74) is 0. The van der Waals surface area contributed by atoms with E-state index >= 15 is 0 Å². The fourth-order valence-corrected chi connectivity index (χ4v) is 0.924. The van der Waals surface area contributed by atoms with E-state index in [4.69, 9.17) is 0 Å². The van der Waals surface area contributed by atoms with Crippen LogP contribution in [0.4, 0.5) is 0 Å². The molecule has 0 N–H and O–H groups in total. The molecule has 0 rings (SSSR count). The maximum absolute atomic E-state index is 2.29. The normalized spacial score (nSPS) is 14.8. The van der Waals surface area contributed by atoms with E-state index in [2.05, 4.69) is 45.1 Å². The molecule has 1 unspecified atom stereocenters. The van der Waals surface area contributed by atoms with Gasteiger partial charge in [-0.25, -0.2) is 0 Å². The van der Waals surface area contributed by atoms with E-state index in [9.17, 15) is 0 Å². The molecule has 0 aromatic carbocycles. The van der Waals surface area contributed by atoms with Crippen LogP contribution in [-0.4, -0.2) is 0 Å². The van der Waals surface area contributed by atoms with E-state index < -0.39 is 0 Å². The zero-order valence-corrected chi connectivity index (χ0v) is 8.01. The summed E-state index contributed by atoms with van der Waals surface area (Å²) in [4.78, 5) is 0. The summed E-state index contributed by atoms with van der Waals surface area (Å²) in [6, 6.07) is 0. The van der Waals surface area contributed by atoms with Gasteiger partial charge in [-0.1, -0.05) is 45.1 Å². The van der Waals surface area contributed by atoms with Gasteiger partial charge >= 0.3 is 0 Å². The average Bonchev–Trinajstić information content (AvgIpc) is 2.01. The van der Waals surface area contributed by atoms with Gasteiger partial charge in [-0.15, -0.1) is 0 Å². The highest BCUT2D eigenvalue weighted by molar-refractivity contribution is 4.91. The molecule has 64 valence electrons. The summed E-state index contributed by atoms with van der Waals surface area (Å²) in [5.74, 6) is 0.706. The lowest BCUT2D eigenvalue weighted by molar-refractivity contribution is 0.739. The third kappa shape index (κ3) is 7.38. The van der Waals surface area contributed by atoms with Crippen molar-refractivity contribution in [1.82, 2.24) is 0 Å². The van der Waals surface area contributed by atoms with Gasteiger partial charge in [-0.3, -0.25) is 0 Å². The highest BCUT2D eigenvalue weighted by Crippen LogP contribution is 2.05. The summed E-state index contributed by atoms with van der Waals surface area (Å²) < 4.78 is 0. The summed E-state index contributed by atoms with van der Waals surface area (Å²) in [6.07, 6.45) is 12.5. The molecule has 11 heavy (non-hydrogen) atoms. The van der Waals surface area contributed by atoms with Crippen LogP contribution in [0.5, 0.6) is 0 Å². The molecule has 0 saturated carbocycles. The fraction of sp³-hybridized carbons (Fsp3) is 0.636. The van der Waals surface area contributed by atoms with Crippen LogP contribution in [0.1, 0.15) is 40.0 Å². The van der Waals surface area contributed by atoms with E-state index in [1.165, 1.54) is 6.42 Å². The SMILES string of the molecule is CCC=CCC(C)C=CCC. The average molecular weight is 152 g/mol. The third-order valence-electron chi connectivity index (χ3n) is 1.61. The molecule has 0 aromatic rings. The first-order valence-electron chi connectivity index (χ1n) is 4.62. The van der Waals surface area contributed by atoms with Gasteiger partial charge < -0.3 is 0 Å². The second-order valence-corrected chi connectivity index (χ2v) is 2.93. The van der Waals surface area contributed by atoms with E-state index in [1.807, 2.05) is 0 Å². The Balaban J connectivity index is 3.43. The van der Waals surface area contributed by atoms with Gasteiger partial charge in [0, 0.05) is 0 Å². The molecule has 0 heteroatoms. The van der Waals surface area contributed by atoms with Gasteiger partial charge in [0.15, 0.2) is 0 Å². The van der Waals surface area contributed by atoms with Crippen molar-refractivity contribution >= 4 is 0 Å². The van der Waals surface area contributed by atoms with Gasteiger partial charge in [-0.05, 0) is 25.2 Å². The molecular formula is C11H20. The first-order chi connectivity index (χ1) is 5.31. The lowest BCUT2D eigenvalue weighted by Crippen LogP contribution is -1.84. The molecule has 0 aliphatic heterocycles. The molecule has 0 saturated heterocycles. The topological polar surface area (TPSA) is 0 Å². The standard InChI is InChI=1S/C11H20/c1-4-6-8-10-11(3)9-7-5-2/h6-9,11H,4-5,10H2,1-3H3. The van der Waals surface area contributed by atoms with Crippen molar-refractivity contribution in [2.24, 2.45) is 5.92 Å². The second kappa shape index (κ2) is 7.59. The van der Waals surface area contributed by atoms with Crippen molar-refractivity contribution in [3.8, 4) is 0 Å². The second-order valence-electron chi connectivity index (χ2n) is 2.93. The Morgan fingerprint density at radius 1 is 1.00 bits per heavy atom. The van der Waals surface area contributed by atoms with Gasteiger partial charge in [-0.2, -0.15) is 0 Å². The van der Waals surface area contributed by atoms with Crippen LogP contribution in [0.15, 0.2) is 24.3 Å². The minimum absolute atomic E-state index is 0.706. The first-order valence-corrected chi connectivity index (χ1v) is 4.62. The monoisotopic (exact) mass is 152 g/mol. The van der Waals surface area contributed by atoms with Crippen molar-refractivity contribution in [2.45, 2.75) is 40.0 Å². The van der Waals surface area contributed by atoms with Crippen LogP contribution in [0.2, 0.25) is 0 Å². The summed E-state index contributed by atoms with van der Waals surface area (Å²) in [7, 11) is 0. The molecule has 0 fully saturated rings. The molecule has 0 radical (unpaired) electrons. The van der Waals surface area contributed by atoms with E-state index in [-0.39, 0.29) is 0 Å². The Bertz CT molecular complexity index is 120. The van der Waals surface area contributed by atoms with Crippen molar-refractivity contribution in [3.63, 3.8) is 0 Å². The molecule has 0 aromatic heterocycles. The molecule has 0 aliphatic carbocycles. The van der Waals surface area contributed by atoms with Crippen LogP contribution in [0, 0.1) is 5.92 Å². The summed E-state index contributed by atoms with van der Waals surface area (Å²) in [6.45, 7) is 6.60. The van der Waals surface area contributed by atoms with Crippen molar-refractivity contribution in [2.75, 3.05) is 0 Å². The fourth-order valence-electron chi connectivity index (χ4n) is 0.924.